The van der Waals surface area contributed by atoms with Crippen LogP contribution in [-0.2, 0) is 10.8 Å². The Labute approximate surface area is 161 Å². The van der Waals surface area contributed by atoms with E-state index in [1.807, 2.05) is 42.5 Å². The fraction of sp³-hybridized carbons (Fsp3) is 0.478. The Bertz CT molecular complexity index is 791. The zero-order chi connectivity index (χ0) is 18.9. The van der Waals surface area contributed by atoms with Gasteiger partial charge in [-0.25, -0.2) is 4.98 Å². The lowest BCUT2D eigenvalue weighted by molar-refractivity contribution is 0.0982. The number of benzene rings is 1. The van der Waals surface area contributed by atoms with Gasteiger partial charge < -0.3 is 0 Å². The first kappa shape index (κ1) is 19.0. The minimum atomic E-state index is 0.161. The predicted octanol–water partition coefficient (Wildman–Crippen LogP) is 6.65. The standard InChI is InChI=1S/C23H29NOS/c1-6-7-18(25)17-11-8-16(9-12-17)10-13-19-24-20-21(26-19)23(4,5)15-14-22(20,2)3/h8-13H,6-7,14-15H2,1-5H3/b13-10+. The average molecular weight is 368 g/mol. The van der Waals surface area contributed by atoms with Crippen molar-refractivity contribution < 1.29 is 4.79 Å². The molecule has 0 unspecified atom stereocenters. The summed E-state index contributed by atoms with van der Waals surface area (Å²) in [4.78, 5) is 18.3. The minimum Gasteiger partial charge on any atom is -0.294 e. The summed E-state index contributed by atoms with van der Waals surface area (Å²) in [5, 5.41) is 1.07. The van der Waals surface area contributed by atoms with Crippen molar-refractivity contribution in [3.8, 4) is 0 Å². The number of rotatable bonds is 5. The summed E-state index contributed by atoms with van der Waals surface area (Å²) >= 11 is 1.83. The van der Waals surface area contributed by atoms with E-state index in [0.717, 1.165) is 22.6 Å². The molecular weight excluding hydrogens is 338 g/mol. The molecule has 1 aliphatic rings. The van der Waals surface area contributed by atoms with E-state index < -0.39 is 0 Å². The third kappa shape index (κ3) is 3.83. The SMILES string of the molecule is CCCC(=O)c1ccc(/C=C/c2nc3c(s2)C(C)(C)CCC3(C)C)cc1. The van der Waals surface area contributed by atoms with Gasteiger partial charge in [-0.15, -0.1) is 11.3 Å². The van der Waals surface area contributed by atoms with Crippen LogP contribution in [0.25, 0.3) is 12.2 Å². The van der Waals surface area contributed by atoms with Gasteiger partial charge in [0.2, 0.25) is 0 Å². The van der Waals surface area contributed by atoms with Gasteiger partial charge in [-0.05, 0) is 30.9 Å². The molecule has 0 N–H and O–H groups in total. The minimum absolute atomic E-state index is 0.161. The topological polar surface area (TPSA) is 30.0 Å². The van der Waals surface area contributed by atoms with Gasteiger partial charge in [-0.2, -0.15) is 0 Å². The first-order valence-corrected chi connectivity index (χ1v) is 10.4. The molecule has 1 aliphatic carbocycles. The summed E-state index contributed by atoms with van der Waals surface area (Å²) in [5.41, 5.74) is 3.56. The number of carbonyl (C=O) groups excluding carboxylic acids is 1. The molecule has 0 fully saturated rings. The highest BCUT2D eigenvalue weighted by Crippen LogP contribution is 2.48. The number of hydrogen-bond acceptors (Lipinski definition) is 3. The summed E-state index contributed by atoms with van der Waals surface area (Å²) in [6.45, 7) is 11.3. The summed E-state index contributed by atoms with van der Waals surface area (Å²) in [6.07, 6.45) is 8.11. The van der Waals surface area contributed by atoms with Gasteiger partial charge in [-0.1, -0.05) is 65.0 Å². The number of ketones is 1. The first-order valence-electron chi connectivity index (χ1n) is 9.56. The molecule has 1 aromatic heterocycles. The highest BCUT2D eigenvalue weighted by atomic mass is 32.1. The van der Waals surface area contributed by atoms with Crippen LogP contribution < -0.4 is 0 Å². The van der Waals surface area contributed by atoms with Crippen molar-refractivity contribution in [2.75, 3.05) is 0 Å². The molecule has 2 aromatic rings. The maximum Gasteiger partial charge on any atom is 0.162 e. The Hall–Kier alpha value is -1.74. The highest BCUT2D eigenvalue weighted by molar-refractivity contribution is 7.12. The van der Waals surface area contributed by atoms with Crippen LogP contribution in [0.3, 0.4) is 0 Å². The molecule has 3 rings (SSSR count). The van der Waals surface area contributed by atoms with Gasteiger partial charge in [0.25, 0.3) is 0 Å². The molecule has 1 aromatic carbocycles. The number of aromatic nitrogens is 1. The normalized spacial score (nSPS) is 18.0. The quantitative estimate of drug-likeness (QED) is 0.554. The van der Waals surface area contributed by atoms with Crippen LogP contribution in [0.4, 0.5) is 0 Å². The van der Waals surface area contributed by atoms with E-state index >= 15 is 0 Å². The van der Waals surface area contributed by atoms with E-state index in [0.29, 0.717) is 6.42 Å². The van der Waals surface area contributed by atoms with Crippen LogP contribution in [-0.4, -0.2) is 10.8 Å². The van der Waals surface area contributed by atoms with Gasteiger partial charge >= 0.3 is 0 Å². The van der Waals surface area contributed by atoms with Gasteiger partial charge in [0.15, 0.2) is 5.78 Å². The number of Topliss-reactive ketones (excluding diaryl/α,β-unsaturated/α-hetero) is 1. The van der Waals surface area contributed by atoms with Gasteiger partial charge in [0.1, 0.15) is 5.01 Å². The molecule has 0 bridgehead atoms. The fourth-order valence-corrected chi connectivity index (χ4v) is 4.78. The summed E-state index contributed by atoms with van der Waals surface area (Å²) in [7, 11) is 0. The summed E-state index contributed by atoms with van der Waals surface area (Å²) in [5.74, 6) is 0.222. The van der Waals surface area contributed by atoms with E-state index in [1.165, 1.54) is 23.4 Å². The number of hydrogen-bond donors (Lipinski definition) is 0. The largest absolute Gasteiger partial charge is 0.294 e. The summed E-state index contributed by atoms with van der Waals surface area (Å²) < 4.78 is 0. The third-order valence-corrected chi connectivity index (χ3v) is 6.79. The monoisotopic (exact) mass is 367 g/mol. The third-order valence-electron chi connectivity index (χ3n) is 5.40. The second-order valence-electron chi connectivity index (χ2n) is 8.63. The average Bonchev–Trinajstić information content (AvgIpc) is 3.05. The van der Waals surface area contributed by atoms with Crippen molar-refractivity contribution in [2.45, 2.75) is 71.1 Å². The van der Waals surface area contributed by atoms with E-state index in [1.54, 1.807) is 0 Å². The lowest BCUT2D eigenvalue weighted by Crippen LogP contribution is -2.32. The van der Waals surface area contributed by atoms with E-state index in [4.69, 9.17) is 4.98 Å². The number of nitrogens with zero attached hydrogens (tertiary/aromatic N) is 1. The molecule has 26 heavy (non-hydrogen) atoms. The molecule has 0 aliphatic heterocycles. The number of thiazole rings is 1. The van der Waals surface area contributed by atoms with Crippen LogP contribution >= 0.6 is 11.3 Å². The van der Waals surface area contributed by atoms with Crippen LogP contribution in [0.15, 0.2) is 24.3 Å². The number of carbonyl (C=O) groups is 1. The molecular formula is C23H29NOS. The first-order chi connectivity index (χ1) is 12.2. The van der Waals surface area contributed by atoms with Crippen LogP contribution in [0.2, 0.25) is 0 Å². The molecule has 0 amide bonds. The Balaban J connectivity index is 1.82. The zero-order valence-corrected chi connectivity index (χ0v) is 17.4. The lowest BCUT2D eigenvalue weighted by Gasteiger charge is -2.37. The maximum absolute atomic E-state index is 11.9. The Kier molecular flexibility index (Phi) is 5.21. The second kappa shape index (κ2) is 7.11. The van der Waals surface area contributed by atoms with E-state index in [9.17, 15) is 4.79 Å². The zero-order valence-electron chi connectivity index (χ0n) is 16.6. The predicted molar refractivity (Wildman–Crippen MR) is 112 cm³/mol. The molecule has 0 saturated heterocycles. The molecule has 0 atom stereocenters. The van der Waals surface area contributed by atoms with E-state index in [2.05, 4.69) is 39.8 Å². The smallest absolute Gasteiger partial charge is 0.162 e. The van der Waals surface area contributed by atoms with Crippen molar-refractivity contribution in [1.82, 2.24) is 4.98 Å². The Morgan fingerprint density at radius 2 is 1.73 bits per heavy atom. The lowest BCUT2D eigenvalue weighted by atomic mass is 9.69. The summed E-state index contributed by atoms with van der Waals surface area (Å²) in [6, 6.07) is 7.88. The maximum atomic E-state index is 11.9. The Morgan fingerprint density at radius 3 is 2.35 bits per heavy atom. The fourth-order valence-electron chi connectivity index (χ4n) is 3.50. The molecule has 3 heteroatoms. The molecule has 0 radical (unpaired) electrons. The molecule has 0 saturated carbocycles. The molecule has 2 nitrogen and oxygen atoms in total. The molecule has 1 heterocycles. The van der Waals surface area contributed by atoms with Crippen LogP contribution in [0, 0.1) is 0 Å². The van der Waals surface area contributed by atoms with E-state index in [-0.39, 0.29) is 16.6 Å². The van der Waals surface area contributed by atoms with Gasteiger partial charge in [0, 0.05) is 27.7 Å². The van der Waals surface area contributed by atoms with Gasteiger partial charge in [-0.3, -0.25) is 4.79 Å². The highest BCUT2D eigenvalue weighted by Gasteiger charge is 2.40. The van der Waals surface area contributed by atoms with Crippen molar-refractivity contribution in [3.63, 3.8) is 0 Å². The molecule has 0 spiro atoms. The second-order valence-corrected chi connectivity index (χ2v) is 9.66. The van der Waals surface area contributed by atoms with Crippen molar-refractivity contribution in [1.29, 1.82) is 0 Å². The van der Waals surface area contributed by atoms with Crippen molar-refractivity contribution >= 4 is 29.3 Å². The Morgan fingerprint density at radius 1 is 1.08 bits per heavy atom. The van der Waals surface area contributed by atoms with Crippen LogP contribution in [0.5, 0.6) is 0 Å². The number of fused-ring (bicyclic) bond motifs is 1. The van der Waals surface area contributed by atoms with Gasteiger partial charge in [0.05, 0.1) is 5.69 Å². The van der Waals surface area contributed by atoms with Crippen LogP contribution in [0.1, 0.15) is 91.8 Å². The van der Waals surface area contributed by atoms with Crippen molar-refractivity contribution in [2.24, 2.45) is 0 Å². The van der Waals surface area contributed by atoms with Crippen molar-refractivity contribution in [3.05, 3.63) is 51.0 Å². The molecule has 138 valence electrons.